The molecule has 3 N–H and O–H groups in total. The van der Waals surface area contributed by atoms with E-state index in [1.54, 1.807) is 21.3 Å². The molecule has 2 heterocycles. The van der Waals surface area contributed by atoms with Gasteiger partial charge in [0.05, 0.1) is 11.4 Å². The minimum Gasteiger partial charge on any atom is -0.477 e. The number of ether oxygens (including phenoxy) is 1. The number of aromatic amines is 1. The quantitative estimate of drug-likeness (QED) is 0.511. The second-order valence-corrected chi connectivity index (χ2v) is 7.77. The molecule has 0 fully saturated rings. The minimum atomic E-state index is -0.913. The number of carbonyl (C=O) groups excluding carboxylic acids is 1. The molecule has 0 saturated carbocycles. The number of H-pyrrole nitrogens is 1. The molecule has 0 aliphatic heterocycles. The Morgan fingerprint density at radius 3 is 2.03 bits per heavy atom. The van der Waals surface area contributed by atoms with E-state index < -0.39 is 5.97 Å². The van der Waals surface area contributed by atoms with Crippen LogP contribution in [0.1, 0.15) is 37.7 Å². The second kappa shape index (κ2) is 14.1. The lowest BCUT2D eigenvalue weighted by molar-refractivity contribution is -0.0980. The molecule has 0 aliphatic rings. The van der Waals surface area contributed by atoms with Crippen LogP contribution < -0.4 is 5.32 Å². The Morgan fingerprint density at radius 2 is 1.68 bits per heavy atom. The van der Waals surface area contributed by atoms with Crippen LogP contribution >= 0.6 is 11.3 Å². The number of thiophene rings is 1. The summed E-state index contributed by atoms with van der Waals surface area (Å²) in [6, 6.07) is 8.35. The van der Waals surface area contributed by atoms with Crippen LogP contribution in [0.5, 0.6) is 0 Å². The topological polar surface area (TPSA) is 104 Å². The number of methoxy groups -OCH3 is 1. The largest absolute Gasteiger partial charge is 0.477 e. The van der Waals surface area contributed by atoms with Gasteiger partial charge in [-0.05, 0) is 51.8 Å². The van der Waals surface area contributed by atoms with Gasteiger partial charge >= 0.3 is 5.97 Å². The summed E-state index contributed by atoms with van der Waals surface area (Å²) in [6.07, 6.45) is 0. The van der Waals surface area contributed by atoms with Crippen molar-refractivity contribution < 1.29 is 19.4 Å². The van der Waals surface area contributed by atoms with Crippen LogP contribution in [0.15, 0.2) is 24.3 Å². The van der Waals surface area contributed by atoms with Crippen molar-refractivity contribution in [3.8, 4) is 10.4 Å². The maximum atomic E-state index is 11.1. The average Bonchev–Trinajstić information content (AvgIpc) is 3.30. The predicted molar refractivity (Wildman–Crippen MR) is 129 cm³/mol. The number of benzene rings is 1. The Balaban J connectivity index is 0.000000540. The van der Waals surface area contributed by atoms with Gasteiger partial charge in [-0.2, -0.15) is 5.10 Å². The normalized spacial score (nSPS) is 9.29. The highest BCUT2D eigenvalue weighted by molar-refractivity contribution is 7.18. The molecule has 0 aliphatic carbocycles. The molecular weight excluding hydrogens is 414 g/mol. The Morgan fingerprint density at radius 1 is 1.10 bits per heavy atom. The smallest absolute Gasteiger partial charge is 0.348 e. The van der Waals surface area contributed by atoms with Gasteiger partial charge in [0.2, 0.25) is 0 Å². The molecule has 0 spiro atoms. The summed E-state index contributed by atoms with van der Waals surface area (Å²) in [4.78, 5) is 20.3. The van der Waals surface area contributed by atoms with Crippen molar-refractivity contribution in [1.82, 2.24) is 10.2 Å². The molecule has 3 aromatic rings. The highest BCUT2D eigenvalue weighted by Crippen LogP contribution is 2.37. The van der Waals surface area contributed by atoms with Crippen LogP contribution in [0.4, 0.5) is 5.69 Å². The van der Waals surface area contributed by atoms with Crippen molar-refractivity contribution in [3.05, 3.63) is 57.2 Å². The molecule has 31 heavy (non-hydrogen) atoms. The van der Waals surface area contributed by atoms with E-state index in [0.717, 1.165) is 21.8 Å². The summed E-state index contributed by atoms with van der Waals surface area (Å²) >= 11 is 1.26. The van der Waals surface area contributed by atoms with Gasteiger partial charge in [0.15, 0.2) is 0 Å². The summed E-state index contributed by atoms with van der Waals surface area (Å²) in [5.74, 6) is -0.913. The first-order valence-electron chi connectivity index (χ1n) is 9.45. The van der Waals surface area contributed by atoms with Crippen molar-refractivity contribution in [2.45, 2.75) is 34.6 Å². The van der Waals surface area contributed by atoms with E-state index in [2.05, 4.69) is 59.2 Å². The molecule has 3 rings (SSSR count). The van der Waals surface area contributed by atoms with Gasteiger partial charge in [0, 0.05) is 37.4 Å². The number of nitrogens with one attached hydrogen (secondary N) is 2. The number of anilines is 1. The van der Waals surface area contributed by atoms with E-state index in [0.29, 0.717) is 10.6 Å². The van der Waals surface area contributed by atoms with Crippen molar-refractivity contribution in [1.29, 1.82) is 0 Å². The van der Waals surface area contributed by atoms with Gasteiger partial charge in [-0.1, -0.05) is 23.8 Å². The zero-order chi connectivity index (χ0) is 24.1. The van der Waals surface area contributed by atoms with Gasteiger partial charge in [0.25, 0.3) is 0 Å². The van der Waals surface area contributed by atoms with E-state index >= 15 is 0 Å². The van der Waals surface area contributed by atoms with Crippen molar-refractivity contribution >= 4 is 29.8 Å². The van der Waals surface area contributed by atoms with Crippen molar-refractivity contribution in [2.24, 2.45) is 0 Å². The molecule has 2 aromatic heterocycles. The number of hydrogen-bond acceptors (Lipinski definition) is 6. The highest BCUT2D eigenvalue weighted by atomic mass is 32.1. The van der Waals surface area contributed by atoms with Gasteiger partial charge in [-0.15, -0.1) is 11.3 Å². The van der Waals surface area contributed by atoms with Crippen LogP contribution in [0.25, 0.3) is 10.4 Å². The molecule has 0 amide bonds. The highest BCUT2D eigenvalue weighted by Gasteiger charge is 2.18. The molecule has 0 unspecified atom stereocenters. The maximum absolute atomic E-state index is 11.1. The monoisotopic (exact) mass is 447 g/mol. The molecule has 170 valence electrons. The predicted octanol–water partition coefficient (Wildman–Crippen LogP) is 5.18. The standard InChI is InChI=1S/C11H13N3O2S.C9H12.C2H6O.CH2O/c1-5-9(6(2)14-13-5)8-4-7(12-3)10(17-8)11(15)16;1-7-4-5-8(2)9(3)6-7;1-3-2;1-2/h4,12H,1-3H3,(H,13,14)(H,15,16);4-6H,1-3H3;1-2H3;1H2. The average molecular weight is 448 g/mol. The molecule has 8 heteroatoms. The third-order valence-electron chi connectivity index (χ3n) is 4.23. The Bertz CT molecular complexity index is 944. The third-order valence-corrected chi connectivity index (χ3v) is 5.37. The first kappa shape index (κ1) is 28.0. The van der Waals surface area contributed by atoms with Gasteiger partial charge in [-0.25, -0.2) is 4.79 Å². The van der Waals surface area contributed by atoms with E-state index in [1.807, 2.05) is 26.7 Å². The van der Waals surface area contributed by atoms with Gasteiger partial charge < -0.3 is 20.0 Å². The fraction of sp³-hybridized carbons (Fsp3) is 0.348. The number of aromatic carboxylic acids is 1. The zero-order valence-electron chi connectivity index (χ0n) is 19.5. The lowest BCUT2D eigenvalue weighted by Gasteiger charge is -1.98. The number of hydrogen-bond donors (Lipinski definition) is 3. The van der Waals surface area contributed by atoms with Crippen molar-refractivity contribution in [2.75, 3.05) is 26.6 Å². The van der Waals surface area contributed by atoms with Crippen LogP contribution in [-0.4, -0.2) is 49.3 Å². The lowest BCUT2D eigenvalue weighted by Crippen LogP contribution is -1.97. The Kier molecular flexibility index (Phi) is 12.8. The van der Waals surface area contributed by atoms with Crippen LogP contribution in [0.2, 0.25) is 0 Å². The third kappa shape index (κ3) is 8.35. The number of rotatable bonds is 3. The maximum Gasteiger partial charge on any atom is 0.348 e. The number of carboxylic acid groups (broad SMARTS) is 1. The van der Waals surface area contributed by atoms with E-state index in [4.69, 9.17) is 9.90 Å². The fourth-order valence-electron chi connectivity index (χ4n) is 2.66. The summed E-state index contributed by atoms with van der Waals surface area (Å²) in [7, 11) is 4.97. The van der Waals surface area contributed by atoms with Gasteiger partial charge in [0.1, 0.15) is 11.7 Å². The first-order chi connectivity index (χ1) is 14.7. The van der Waals surface area contributed by atoms with Crippen LogP contribution in [-0.2, 0) is 9.53 Å². The molecule has 7 nitrogen and oxygen atoms in total. The Hall–Kier alpha value is -2.97. The summed E-state index contributed by atoms with van der Waals surface area (Å²) in [6.45, 7) is 12.2. The Labute approximate surface area is 188 Å². The number of carboxylic acids is 1. The molecule has 0 bridgehead atoms. The summed E-state index contributed by atoms with van der Waals surface area (Å²) < 4.78 is 4.25. The summed E-state index contributed by atoms with van der Waals surface area (Å²) in [5, 5.41) is 19.0. The van der Waals surface area contributed by atoms with Crippen LogP contribution in [0.3, 0.4) is 0 Å². The molecule has 0 saturated heterocycles. The molecule has 1 aromatic carbocycles. The van der Waals surface area contributed by atoms with Gasteiger partial charge in [-0.3, -0.25) is 5.10 Å². The number of carbonyl (C=O) groups is 2. The number of nitrogens with zero attached hydrogens (tertiary/aromatic N) is 1. The molecular formula is C23H33N3O4S. The second-order valence-electron chi connectivity index (χ2n) is 6.71. The number of aromatic nitrogens is 2. The zero-order valence-corrected chi connectivity index (χ0v) is 20.4. The van der Waals surface area contributed by atoms with Crippen LogP contribution in [0, 0.1) is 34.6 Å². The molecule has 0 atom stereocenters. The SMILES string of the molecule is C=O.CNc1cc(-c2c(C)n[nH]c2C)sc1C(=O)O.COC.Cc1ccc(C)c(C)c1. The fourth-order valence-corrected chi connectivity index (χ4v) is 3.82. The minimum absolute atomic E-state index is 0.322. The van der Waals surface area contributed by atoms with E-state index in [-0.39, 0.29) is 0 Å². The first-order valence-corrected chi connectivity index (χ1v) is 10.3. The number of aryl methyl sites for hydroxylation is 5. The summed E-state index contributed by atoms with van der Waals surface area (Å²) in [5.41, 5.74) is 7.55. The lowest BCUT2D eigenvalue weighted by atomic mass is 10.1. The molecule has 0 radical (unpaired) electrons. The van der Waals surface area contributed by atoms with E-state index in [1.165, 1.54) is 28.0 Å². The van der Waals surface area contributed by atoms with Crippen molar-refractivity contribution in [3.63, 3.8) is 0 Å². The van der Waals surface area contributed by atoms with E-state index in [9.17, 15) is 4.79 Å².